The lowest BCUT2D eigenvalue weighted by Gasteiger charge is -2.21. The highest BCUT2D eigenvalue weighted by Gasteiger charge is 2.28. The number of benzene rings is 1. The molecule has 2 rings (SSSR count). The van der Waals surface area contributed by atoms with Gasteiger partial charge in [0.15, 0.2) is 0 Å². The summed E-state index contributed by atoms with van der Waals surface area (Å²) >= 11 is 3.33. The minimum atomic E-state index is -1.02. The second-order valence-electron chi connectivity index (χ2n) is 5.03. The first-order valence-electron chi connectivity index (χ1n) is 6.60. The van der Waals surface area contributed by atoms with Crippen LogP contribution in [0.1, 0.15) is 12.8 Å². The van der Waals surface area contributed by atoms with Gasteiger partial charge in [-0.3, -0.25) is 4.79 Å². The van der Waals surface area contributed by atoms with E-state index in [1.165, 1.54) is 12.0 Å². The molecular formula is C14H17BrN2O4. The molecule has 1 aromatic rings. The van der Waals surface area contributed by atoms with Crippen LogP contribution in [-0.4, -0.2) is 42.2 Å². The molecule has 1 aliphatic carbocycles. The van der Waals surface area contributed by atoms with Gasteiger partial charge in [-0.1, -0.05) is 15.9 Å². The van der Waals surface area contributed by atoms with E-state index in [1.54, 1.807) is 18.2 Å². The van der Waals surface area contributed by atoms with E-state index in [1.807, 2.05) is 0 Å². The molecule has 0 atom stereocenters. The van der Waals surface area contributed by atoms with Crippen molar-refractivity contribution >= 4 is 33.6 Å². The van der Waals surface area contributed by atoms with E-state index in [4.69, 9.17) is 9.84 Å². The topological polar surface area (TPSA) is 78.9 Å². The first-order chi connectivity index (χ1) is 9.97. The number of amides is 2. The van der Waals surface area contributed by atoms with Crippen LogP contribution in [0, 0.1) is 5.92 Å². The van der Waals surface area contributed by atoms with E-state index in [0.717, 1.165) is 17.3 Å². The van der Waals surface area contributed by atoms with Gasteiger partial charge in [0.2, 0.25) is 0 Å². The SMILES string of the molecule is COc1cc(Br)cc(NC(=O)N(CC(=O)O)CC2CC2)c1. The van der Waals surface area contributed by atoms with Crippen LogP contribution in [0.4, 0.5) is 10.5 Å². The number of hydrogen-bond donors (Lipinski definition) is 2. The van der Waals surface area contributed by atoms with E-state index in [9.17, 15) is 9.59 Å². The lowest BCUT2D eigenvalue weighted by molar-refractivity contribution is -0.137. The van der Waals surface area contributed by atoms with E-state index < -0.39 is 12.0 Å². The maximum Gasteiger partial charge on any atom is 0.323 e. The normalized spacial score (nSPS) is 13.6. The molecule has 2 N–H and O–H groups in total. The van der Waals surface area contributed by atoms with Crippen molar-refractivity contribution in [2.24, 2.45) is 5.92 Å². The smallest absolute Gasteiger partial charge is 0.323 e. The second kappa shape index (κ2) is 6.80. The molecule has 114 valence electrons. The molecule has 7 heteroatoms. The molecular weight excluding hydrogens is 340 g/mol. The Morgan fingerprint density at radius 2 is 2.14 bits per heavy atom. The third-order valence-electron chi connectivity index (χ3n) is 3.15. The number of urea groups is 1. The third-order valence-corrected chi connectivity index (χ3v) is 3.60. The van der Waals surface area contributed by atoms with Crippen molar-refractivity contribution in [3.05, 3.63) is 22.7 Å². The van der Waals surface area contributed by atoms with E-state index >= 15 is 0 Å². The van der Waals surface area contributed by atoms with Crippen molar-refractivity contribution in [3.8, 4) is 5.75 Å². The zero-order valence-corrected chi connectivity index (χ0v) is 13.2. The van der Waals surface area contributed by atoms with E-state index in [0.29, 0.717) is 23.9 Å². The summed E-state index contributed by atoms with van der Waals surface area (Å²) in [6.45, 7) is 0.177. The molecule has 0 heterocycles. The van der Waals surface area contributed by atoms with Crippen LogP contribution in [0.2, 0.25) is 0 Å². The Morgan fingerprint density at radius 3 is 2.71 bits per heavy atom. The van der Waals surface area contributed by atoms with E-state index in [2.05, 4.69) is 21.2 Å². The highest BCUT2D eigenvalue weighted by molar-refractivity contribution is 9.10. The molecule has 0 aliphatic heterocycles. The Morgan fingerprint density at radius 1 is 1.43 bits per heavy atom. The van der Waals surface area contributed by atoms with Crippen LogP contribution >= 0.6 is 15.9 Å². The average molecular weight is 357 g/mol. The number of rotatable bonds is 6. The summed E-state index contributed by atoms with van der Waals surface area (Å²) < 4.78 is 5.90. The largest absolute Gasteiger partial charge is 0.497 e. The Labute approximate surface area is 131 Å². The van der Waals surface area contributed by atoms with Gasteiger partial charge >= 0.3 is 12.0 Å². The number of nitrogens with zero attached hydrogens (tertiary/aromatic N) is 1. The molecule has 1 aromatic carbocycles. The summed E-state index contributed by atoms with van der Waals surface area (Å²) in [6, 6.07) is 4.77. The van der Waals surface area contributed by atoms with Gasteiger partial charge in [-0.15, -0.1) is 0 Å². The number of halogens is 1. The van der Waals surface area contributed by atoms with Gasteiger partial charge in [0.05, 0.1) is 7.11 Å². The van der Waals surface area contributed by atoms with Crippen molar-refractivity contribution < 1.29 is 19.4 Å². The molecule has 0 bridgehead atoms. The van der Waals surface area contributed by atoms with Crippen molar-refractivity contribution in [1.82, 2.24) is 4.90 Å². The van der Waals surface area contributed by atoms with Crippen LogP contribution in [-0.2, 0) is 4.79 Å². The summed E-state index contributed by atoms with van der Waals surface area (Å²) in [5.74, 6) is 0.0106. The fraction of sp³-hybridized carbons (Fsp3) is 0.429. The predicted molar refractivity (Wildman–Crippen MR) is 81.6 cm³/mol. The molecule has 21 heavy (non-hydrogen) atoms. The quantitative estimate of drug-likeness (QED) is 0.821. The number of aliphatic carboxylic acids is 1. The first kappa shape index (κ1) is 15.6. The zero-order chi connectivity index (χ0) is 15.4. The fourth-order valence-electron chi connectivity index (χ4n) is 1.95. The van der Waals surface area contributed by atoms with Crippen LogP contribution in [0.15, 0.2) is 22.7 Å². The van der Waals surface area contributed by atoms with Gasteiger partial charge < -0.3 is 20.1 Å². The lowest BCUT2D eigenvalue weighted by atomic mass is 10.3. The number of anilines is 1. The summed E-state index contributed by atoms with van der Waals surface area (Å²) in [6.07, 6.45) is 2.10. The second-order valence-corrected chi connectivity index (χ2v) is 5.94. The highest BCUT2D eigenvalue weighted by atomic mass is 79.9. The van der Waals surface area contributed by atoms with Crippen LogP contribution in [0.25, 0.3) is 0 Å². The number of hydrogen-bond acceptors (Lipinski definition) is 3. The van der Waals surface area contributed by atoms with Crippen molar-refractivity contribution in [2.45, 2.75) is 12.8 Å². The molecule has 1 saturated carbocycles. The summed E-state index contributed by atoms with van der Waals surface area (Å²) in [4.78, 5) is 24.4. The van der Waals surface area contributed by atoms with Crippen molar-refractivity contribution in [1.29, 1.82) is 0 Å². The van der Waals surface area contributed by atoms with Crippen molar-refractivity contribution in [2.75, 3.05) is 25.5 Å². The minimum absolute atomic E-state index is 0.298. The number of ether oxygens (including phenoxy) is 1. The maximum absolute atomic E-state index is 12.2. The Bertz CT molecular complexity index is 546. The van der Waals surface area contributed by atoms with Gasteiger partial charge in [0.25, 0.3) is 0 Å². The number of carboxylic acids is 1. The number of carbonyl (C=O) groups is 2. The third kappa shape index (κ3) is 4.93. The van der Waals surface area contributed by atoms with Gasteiger partial charge in [-0.05, 0) is 30.9 Å². The van der Waals surface area contributed by atoms with Gasteiger partial charge in [-0.25, -0.2) is 4.79 Å². The Hall–Kier alpha value is -1.76. The Balaban J connectivity index is 2.06. The number of carboxylic acid groups (broad SMARTS) is 1. The van der Waals surface area contributed by atoms with Crippen LogP contribution in [0.5, 0.6) is 5.75 Å². The molecule has 6 nitrogen and oxygen atoms in total. The van der Waals surface area contributed by atoms with Crippen molar-refractivity contribution in [3.63, 3.8) is 0 Å². The zero-order valence-electron chi connectivity index (χ0n) is 11.6. The molecule has 0 radical (unpaired) electrons. The highest BCUT2D eigenvalue weighted by Crippen LogP contribution is 2.30. The summed E-state index contributed by atoms with van der Waals surface area (Å²) in [5, 5.41) is 11.6. The average Bonchev–Trinajstić information content (AvgIpc) is 3.20. The summed E-state index contributed by atoms with van der Waals surface area (Å²) in [7, 11) is 1.54. The molecule has 0 saturated heterocycles. The van der Waals surface area contributed by atoms with Crippen LogP contribution in [0.3, 0.4) is 0 Å². The van der Waals surface area contributed by atoms with Crippen LogP contribution < -0.4 is 10.1 Å². The van der Waals surface area contributed by atoms with Gasteiger partial charge in [0, 0.05) is 22.8 Å². The lowest BCUT2D eigenvalue weighted by Crippen LogP contribution is -2.40. The maximum atomic E-state index is 12.2. The molecule has 0 aromatic heterocycles. The minimum Gasteiger partial charge on any atom is -0.497 e. The van der Waals surface area contributed by atoms with Gasteiger partial charge in [-0.2, -0.15) is 0 Å². The first-order valence-corrected chi connectivity index (χ1v) is 7.39. The number of nitrogens with one attached hydrogen (secondary N) is 1. The molecule has 2 amide bonds. The van der Waals surface area contributed by atoms with E-state index in [-0.39, 0.29) is 6.54 Å². The predicted octanol–water partition coefficient (Wildman–Crippen LogP) is 2.79. The number of carbonyl (C=O) groups excluding carboxylic acids is 1. The molecule has 0 unspecified atom stereocenters. The molecule has 0 spiro atoms. The van der Waals surface area contributed by atoms with Gasteiger partial charge in [0.1, 0.15) is 12.3 Å². The standard InChI is InChI=1S/C14H17BrN2O4/c1-21-12-5-10(15)4-11(6-12)16-14(20)17(8-13(18)19)7-9-2-3-9/h4-6,9H,2-3,7-8H2,1H3,(H,16,20)(H,18,19). The monoisotopic (exact) mass is 356 g/mol. The molecule has 1 fully saturated rings. The number of methoxy groups -OCH3 is 1. The molecule has 1 aliphatic rings. The Kier molecular flexibility index (Phi) is 5.06. The summed E-state index contributed by atoms with van der Waals surface area (Å²) in [5.41, 5.74) is 0.553. The fourth-order valence-corrected chi connectivity index (χ4v) is 2.42.